The second-order valence-corrected chi connectivity index (χ2v) is 5.84. The first-order valence-corrected chi connectivity index (χ1v) is 6.57. The van der Waals surface area contributed by atoms with E-state index in [1.807, 2.05) is 6.08 Å². The van der Waals surface area contributed by atoms with Crippen molar-refractivity contribution in [3.63, 3.8) is 0 Å². The van der Waals surface area contributed by atoms with Gasteiger partial charge in [-0.1, -0.05) is 6.08 Å². The maximum atomic E-state index is 11.3. The zero-order chi connectivity index (χ0) is 13.8. The lowest BCUT2D eigenvalue weighted by atomic mass is 10.0. The van der Waals surface area contributed by atoms with Crippen molar-refractivity contribution in [2.24, 2.45) is 0 Å². The van der Waals surface area contributed by atoms with Crippen molar-refractivity contribution in [1.82, 2.24) is 9.80 Å². The van der Waals surface area contributed by atoms with Crippen LogP contribution in [0.5, 0.6) is 0 Å². The standard InChI is InChI=1S/C14H26N2O2/c1-12(13(17)18-5)6-7-15-8-10-16(11-9-15)14(2,3)4/h6H,7-11H2,1-5H3. The van der Waals surface area contributed by atoms with Crippen LogP contribution in [0.25, 0.3) is 0 Å². The zero-order valence-corrected chi connectivity index (χ0v) is 12.3. The number of carbonyl (C=O) groups is 1. The van der Waals surface area contributed by atoms with Crippen molar-refractivity contribution in [3.05, 3.63) is 11.6 Å². The summed E-state index contributed by atoms with van der Waals surface area (Å²) < 4.78 is 4.68. The molecule has 1 aliphatic heterocycles. The fourth-order valence-corrected chi connectivity index (χ4v) is 2.11. The summed E-state index contributed by atoms with van der Waals surface area (Å²) in [5.41, 5.74) is 0.944. The molecule has 1 fully saturated rings. The average molecular weight is 254 g/mol. The molecule has 4 nitrogen and oxygen atoms in total. The van der Waals surface area contributed by atoms with Crippen LogP contribution in [0.4, 0.5) is 0 Å². The van der Waals surface area contributed by atoms with Gasteiger partial charge in [0.25, 0.3) is 0 Å². The summed E-state index contributed by atoms with van der Waals surface area (Å²) in [6.07, 6.45) is 1.96. The molecular weight excluding hydrogens is 228 g/mol. The molecule has 0 spiro atoms. The molecule has 1 rings (SSSR count). The Kier molecular flexibility index (Phi) is 5.35. The summed E-state index contributed by atoms with van der Waals surface area (Å²) in [5, 5.41) is 0. The van der Waals surface area contributed by atoms with Gasteiger partial charge >= 0.3 is 5.97 Å². The monoisotopic (exact) mass is 254 g/mol. The van der Waals surface area contributed by atoms with E-state index in [-0.39, 0.29) is 11.5 Å². The van der Waals surface area contributed by atoms with Crippen molar-refractivity contribution in [3.8, 4) is 0 Å². The number of piperazine rings is 1. The first-order chi connectivity index (χ1) is 8.34. The minimum atomic E-state index is -0.233. The molecule has 0 radical (unpaired) electrons. The van der Waals surface area contributed by atoms with Gasteiger partial charge in [0.15, 0.2) is 0 Å². The molecule has 104 valence electrons. The third-order valence-electron chi connectivity index (χ3n) is 3.48. The van der Waals surface area contributed by atoms with Gasteiger partial charge < -0.3 is 4.74 Å². The summed E-state index contributed by atoms with van der Waals surface area (Å²) in [7, 11) is 1.42. The van der Waals surface area contributed by atoms with Crippen LogP contribution in [0.3, 0.4) is 0 Å². The smallest absolute Gasteiger partial charge is 0.333 e. The summed E-state index contributed by atoms with van der Waals surface area (Å²) in [5.74, 6) is -0.233. The van der Waals surface area contributed by atoms with E-state index in [0.29, 0.717) is 5.57 Å². The van der Waals surface area contributed by atoms with Crippen LogP contribution in [0.1, 0.15) is 27.7 Å². The van der Waals surface area contributed by atoms with Crippen LogP contribution in [0.15, 0.2) is 11.6 Å². The number of nitrogens with zero attached hydrogens (tertiary/aromatic N) is 2. The summed E-state index contributed by atoms with van der Waals surface area (Å²) in [6, 6.07) is 0. The number of carbonyl (C=O) groups excluding carboxylic acids is 1. The lowest BCUT2D eigenvalue weighted by Crippen LogP contribution is -2.53. The molecule has 0 bridgehead atoms. The van der Waals surface area contributed by atoms with Crippen molar-refractivity contribution >= 4 is 5.97 Å². The van der Waals surface area contributed by atoms with Crippen LogP contribution < -0.4 is 0 Å². The molecule has 0 aliphatic carbocycles. The van der Waals surface area contributed by atoms with E-state index in [0.717, 1.165) is 32.7 Å². The van der Waals surface area contributed by atoms with Gasteiger partial charge in [0.2, 0.25) is 0 Å². The third-order valence-corrected chi connectivity index (χ3v) is 3.48. The quantitative estimate of drug-likeness (QED) is 0.565. The largest absolute Gasteiger partial charge is 0.466 e. The number of hydrogen-bond donors (Lipinski definition) is 0. The molecular formula is C14H26N2O2. The van der Waals surface area contributed by atoms with Crippen molar-refractivity contribution in [1.29, 1.82) is 0 Å². The van der Waals surface area contributed by atoms with Crippen LogP contribution >= 0.6 is 0 Å². The Balaban J connectivity index is 2.39. The highest BCUT2D eigenvalue weighted by Gasteiger charge is 2.25. The Morgan fingerprint density at radius 2 is 1.78 bits per heavy atom. The Hall–Kier alpha value is -0.870. The van der Waals surface area contributed by atoms with E-state index in [1.165, 1.54) is 7.11 Å². The van der Waals surface area contributed by atoms with Gasteiger partial charge in [0.05, 0.1) is 7.11 Å². The SMILES string of the molecule is COC(=O)C(C)=CCN1CCN(C(C)(C)C)CC1. The molecule has 0 unspecified atom stereocenters. The Labute approximate surface area is 111 Å². The van der Waals surface area contributed by atoms with E-state index in [4.69, 9.17) is 0 Å². The first-order valence-electron chi connectivity index (χ1n) is 6.57. The predicted octanol–water partition coefficient (Wildman–Crippen LogP) is 1.52. The number of rotatable bonds is 3. The lowest BCUT2D eigenvalue weighted by Gasteiger charge is -2.42. The van der Waals surface area contributed by atoms with Gasteiger partial charge in [-0.25, -0.2) is 4.79 Å². The number of hydrogen-bond acceptors (Lipinski definition) is 4. The molecule has 1 aliphatic rings. The van der Waals surface area contributed by atoms with Crippen molar-refractivity contribution < 1.29 is 9.53 Å². The fourth-order valence-electron chi connectivity index (χ4n) is 2.11. The van der Waals surface area contributed by atoms with Gasteiger partial charge in [0.1, 0.15) is 0 Å². The summed E-state index contributed by atoms with van der Waals surface area (Å²) >= 11 is 0. The fraction of sp³-hybridized carbons (Fsp3) is 0.786. The number of esters is 1. The maximum Gasteiger partial charge on any atom is 0.333 e. The third kappa shape index (κ3) is 4.42. The first kappa shape index (κ1) is 15.2. The minimum absolute atomic E-state index is 0.233. The molecule has 0 saturated carbocycles. The van der Waals surface area contributed by atoms with E-state index in [2.05, 4.69) is 35.3 Å². The van der Waals surface area contributed by atoms with Crippen LogP contribution in [0, 0.1) is 0 Å². The topological polar surface area (TPSA) is 32.8 Å². The summed E-state index contributed by atoms with van der Waals surface area (Å²) in [6.45, 7) is 13.7. The van der Waals surface area contributed by atoms with Gasteiger partial charge in [-0.05, 0) is 27.7 Å². The highest BCUT2D eigenvalue weighted by molar-refractivity contribution is 5.87. The molecule has 0 aromatic rings. The second kappa shape index (κ2) is 6.34. The van der Waals surface area contributed by atoms with E-state index in [9.17, 15) is 4.79 Å². The number of methoxy groups -OCH3 is 1. The molecule has 0 atom stereocenters. The van der Waals surface area contributed by atoms with E-state index >= 15 is 0 Å². The molecule has 1 heterocycles. The van der Waals surface area contributed by atoms with Gasteiger partial charge in [-0.3, -0.25) is 9.80 Å². The van der Waals surface area contributed by atoms with E-state index < -0.39 is 0 Å². The van der Waals surface area contributed by atoms with Crippen LogP contribution in [-0.4, -0.2) is 61.1 Å². The van der Waals surface area contributed by atoms with Gasteiger partial charge in [-0.2, -0.15) is 0 Å². The van der Waals surface area contributed by atoms with Crippen molar-refractivity contribution in [2.75, 3.05) is 39.8 Å². The highest BCUT2D eigenvalue weighted by Crippen LogP contribution is 2.15. The number of ether oxygens (including phenoxy) is 1. The van der Waals surface area contributed by atoms with Crippen LogP contribution in [-0.2, 0) is 9.53 Å². The molecule has 0 aromatic carbocycles. The molecule has 1 saturated heterocycles. The van der Waals surface area contributed by atoms with Crippen LogP contribution in [0.2, 0.25) is 0 Å². The predicted molar refractivity (Wildman–Crippen MR) is 73.5 cm³/mol. The zero-order valence-electron chi connectivity index (χ0n) is 12.3. The Morgan fingerprint density at radius 3 is 2.22 bits per heavy atom. The second-order valence-electron chi connectivity index (χ2n) is 5.84. The molecule has 0 N–H and O–H groups in total. The molecule has 18 heavy (non-hydrogen) atoms. The average Bonchev–Trinajstić information content (AvgIpc) is 2.34. The molecule has 4 heteroatoms. The van der Waals surface area contributed by atoms with Gasteiger partial charge in [-0.15, -0.1) is 0 Å². The lowest BCUT2D eigenvalue weighted by molar-refractivity contribution is -0.136. The minimum Gasteiger partial charge on any atom is -0.466 e. The Bertz CT molecular complexity index is 310. The van der Waals surface area contributed by atoms with E-state index in [1.54, 1.807) is 6.92 Å². The van der Waals surface area contributed by atoms with Crippen molar-refractivity contribution in [2.45, 2.75) is 33.2 Å². The Morgan fingerprint density at radius 1 is 1.22 bits per heavy atom. The summed E-state index contributed by atoms with van der Waals surface area (Å²) in [4.78, 5) is 16.1. The molecule has 0 aromatic heterocycles. The highest BCUT2D eigenvalue weighted by atomic mass is 16.5. The van der Waals surface area contributed by atoms with Gasteiger partial charge in [0, 0.05) is 43.8 Å². The maximum absolute atomic E-state index is 11.3. The molecule has 0 amide bonds. The normalized spacial score (nSPS) is 19.9.